The van der Waals surface area contributed by atoms with Gasteiger partial charge in [0.2, 0.25) is 10.0 Å². The summed E-state index contributed by atoms with van der Waals surface area (Å²) in [5.74, 6) is -0.297. The standard InChI is InChI=1S/C13H20FN3O2S/c1-17-6-4-10(5-7-17)9-16-20(18,19)13-8-11(14)2-3-12(13)15/h2-3,8,10,16H,4-7,9,15H2,1H3. The van der Waals surface area contributed by atoms with E-state index in [0.717, 1.165) is 38.1 Å². The van der Waals surface area contributed by atoms with Gasteiger partial charge in [-0.2, -0.15) is 0 Å². The van der Waals surface area contributed by atoms with Gasteiger partial charge >= 0.3 is 0 Å². The molecule has 5 nitrogen and oxygen atoms in total. The average molecular weight is 301 g/mol. The van der Waals surface area contributed by atoms with Crippen LogP contribution in [0.1, 0.15) is 12.8 Å². The largest absolute Gasteiger partial charge is 0.398 e. The van der Waals surface area contributed by atoms with E-state index in [1.165, 1.54) is 6.07 Å². The highest BCUT2D eigenvalue weighted by molar-refractivity contribution is 7.89. The second-order valence-electron chi connectivity index (χ2n) is 5.28. The Hall–Kier alpha value is -1.18. The monoisotopic (exact) mass is 301 g/mol. The Balaban J connectivity index is 2.02. The molecule has 20 heavy (non-hydrogen) atoms. The van der Waals surface area contributed by atoms with Crippen molar-refractivity contribution in [3.05, 3.63) is 24.0 Å². The Morgan fingerprint density at radius 3 is 2.70 bits per heavy atom. The Kier molecular flexibility index (Phi) is 4.62. The summed E-state index contributed by atoms with van der Waals surface area (Å²) in [5, 5.41) is 0. The van der Waals surface area contributed by atoms with Crippen molar-refractivity contribution in [2.75, 3.05) is 32.4 Å². The van der Waals surface area contributed by atoms with Gasteiger partial charge in [-0.1, -0.05) is 0 Å². The smallest absolute Gasteiger partial charge is 0.242 e. The van der Waals surface area contributed by atoms with E-state index in [0.29, 0.717) is 12.5 Å². The number of halogens is 1. The molecule has 1 fully saturated rings. The maximum Gasteiger partial charge on any atom is 0.242 e. The van der Waals surface area contributed by atoms with Crippen molar-refractivity contribution in [2.24, 2.45) is 5.92 Å². The molecular formula is C13H20FN3O2S. The number of nitrogens with zero attached hydrogens (tertiary/aromatic N) is 1. The number of hydrogen-bond donors (Lipinski definition) is 2. The number of nitrogens with two attached hydrogens (primary N) is 1. The van der Waals surface area contributed by atoms with Crippen molar-refractivity contribution >= 4 is 15.7 Å². The number of nitrogen functional groups attached to an aromatic ring is 1. The minimum absolute atomic E-state index is 0.0577. The Morgan fingerprint density at radius 2 is 2.05 bits per heavy atom. The molecule has 0 amide bonds. The van der Waals surface area contributed by atoms with Gasteiger partial charge in [0.1, 0.15) is 10.7 Å². The van der Waals surface area contributed by atoms with E-state index in [-0.39, 0.29) is 10.6 Å². The van der Waals surface area contributed by atoms with Gasteiger partial charge in [0.15, 0.2) is 0 Å². The van der Waals surface area contributed by atoms with Gasteiger partial charge in [0.25, 0.3) is 0 Å². The van der Waals surface area contributed by atoms with Crippen LogP contribution in [0.4, 0.5) is 10.1 Å². The van der Waals surface area contributed by atoms with Crippen molar-refractivity contribution in [1.82, 2.24) is 9.62 Å². The van der Waals surface area contributed by atoms with Gasteiger partial charge in [-0.15, -0.1) is 0 Å². The molecule has 1 saturated heterocycles. The highest BCUT2D eigenvalue weighted by Crippen LogP contribution is 2.20. The molecule has 1 aromatic rings. The Labute approximate surface area is 119 Å². The number of anilines is 1. The van der Waals surface area contributed by atoms with Gasteiger partial charge in [-0.05, 0) is 57.1 Å². The van der Waals surface area contributed by atoms with Gasteiger partial charge in [0.05, 0.1) is 5.69 Å². The zero-order valence-corrected chi connectivity index (χ0v) is 12.3. The third kappa shape index (κ3) is 3.68. The summed E-state index contributed by atoms with van der Waals surface area (Å²) in [6.07, 6.45) is 1.91. The summed E-state index contributed by atoms with van der Waals surface area (Å²) in [7, 11) is -1.71. The maximum absolute atomic E-state index is 13.2. The van der Waals surface area contributed by atoms with Crippen molar-refractivity contribution in [3.8, 4) is 0 Å². The van der Waals surface area contributed by atoms with E-state index in [1.54, 1.807) is 0 Å². The van der Waals surface area contributed by atoms with Gasteiger partial charge in [-0.3, -0.25) is 0 Å². The van der Waals surface area contributed by atoms with E-state index in [4.69, 9.17) is 5.73 Å². The predicted octanol–water partition coefficient (Wildman–Crippen LogP) is 1.03. The first-order chi connectivity index (χ1) is 9.38. The van der Waals surface area contributed by atoms with Crippen LogP contribution in [-0.2, 0) is 10.0 Å². The fourth-order valence-corrected chi connectivity index (χ4v) is 3.57. The number of likely N-dealkylation sites (tertiary alicyclic amines) is 1. The molecule has 0 spiro atoms. The topological polar surface area (TPSA) is 75.4 Å². The molecule has 1 aromatic carbocycles. The van der Waals surface area contributed by atoms with Crippen LogP contribution in [0.2, 0.25) is 0 Å². The number of piperidine rings is 1. The number of sulfonamides is 1. The number of benzene rings is 1. The first-order valence-corrected chi connectivity index (χ1v) is 8.10. The molecular weight excluding hydrogens is 281 g/mol. The summed E-state index contributed by atoms with van der Waals surface area (Å²) in [5.41, 5.74) is 5.67. The molecule has 3 N–H and O–H groups in total. The van der Waals surface area contributed by atoms with Crippen molar-refractivity contribution in [3.63, 3.8) is 0 Å². The van der Waals surface area contributed by atoms with Crippen LogP contribution in [0.25, 0.3) is 0 Å². The van der Waals surface area contributed by atoms with Crippen LogP contribution in [0.5, 0.6) is 0 Å². The summed E-state index contributed by atoms with van der Waals surface area (Å²) in [6.45, 7) is 2.30. The highest BCUT2D eigenvalue weighted by atomic mass is 32.2. The Bertz CT molecular complexity index is 569. The van der Waals surface area contributed by atoms with Crippen LogP contribution in [0.3, 0.4) is 0 Å². The lowest BCUT2D eigenvalue weighted by Crippen LogP contribution is -2.37. The zero-order chi connectivity index (χ0) is 14.8. The van der Waals surface area contributed by atoms with Crippen LogP contribution in [-0.4, -0.2) is 40.0 Å². The molecule has 0 aromatic heterocycles. The lowest BCUT2D eigenvalue weighted by Gasteiger charge is -2.28. The molecule has 0 radical (unpaired) electrons. The predicted molar refractivity (Wildman–Crippen MR) is 76.2 cm³/mol. The van der Waals surface area contributed by atoms with Crippen molar-refractivity contribution in [2.45, 2.75) is 17.7 Å². The lowest BCUT2D eigenvalue weighted by atomic mass is 9.98. The third-order valence-corrected chi connectivity index (χ3v) is 5.14. The fourth-order valence-electron chi connectivity index (χ4n) is 2.31. The Morgan fingerprint density at radius 1 is 1.40 bits per heavy atom. The summed E-state index contributed by atoms with van der Waals surface area (Å²) in [6, 6.07) is 3.36. The molecule has 112 valence electrons. The molecule has 0 saturated carbocycles. The first-order valence-electron chi connectivity index (χ1n) is 6.62. The maximum atomic E-state index is 13.2. The number of hydrogen-bond acceptors (Lipinski definition) is 4. The lowest BCUT2D eigenvalue weighted by molar-refractivity contribution is 0.220. The molecule has 0 bridgehead atoms. The van der Waals surface area contributed by atoms with Crippen LogP contribution < -0.4 is 10.5 Å². The van der Waals surface area contributed by atoms with Gasteiger partial charge in [0, 0.05) is 6.54 Å². The van der Waals surface area contributed by atoms with E-state index >= 15 is 0 Å². The SMILES string of the molecule is CN1CCC(CNS(=O)(=O)c2cc(F)ccc2N)CC1. The fraction of sp³-hybridized carbons (Fsp3) is 0.538. The molecule has 1 aliphatic rings. The molecule has 7 heteroatoms. The van der Waals surface area contributed by atoms with Crippen LogP contribution in [0.15, 0.2) is 23.1 Å². The van der Waals surface area contributed by atoms with Crippen LogP contribution in [0, 0.1) is 11.7 Å². The quantitative estimate of drug-likeness (QED) is 0.815. The first kappa shape index (κ1) is 15.2. The molecule has 2 rings (SSSR count). The average Bonchev–Trinajstić information content (AvgIpc) is 2.41. The number of rotatable bonds is 4. The highest BCUT2D eigenvalue weighted by Gasteiger charge is 2.22. The summed E-state index contributed by atoms with van der Waals surface area (Å²) < 4.78 is 40.0. The summed E-state index contributed by atoms with van der Waals surface area (Å²) in [4.78, 5) is 2.03. The molecule has 1 aliphatic heterocycles. The molecule has 0 atom stereocenters. The normalized spacial score (nSPS) is 18.3. The van der Waals surface area contributed by atoms with Gasteiger partial charge < -0.3 is 10.6 Å². The molecule has 1 heterocycles. The second-order valence-corrected chi connectivity index (χ2v) is 7.02. The summed E-state index contributed by atoms with van der Waals surface area (Å²) >= 11 is 0. The minimum atomic E-state index is -3.75. The van der Waals surface area contributed by atoms with Crippen molar-refractivity contribution in [1.29, 1.82) is 0 Å². The van der Waals surface area contributed by atoms with Gasteiger partial charge in [-0.25, -0.2) is 17.5 Å². The second kappa shape index (κ2) is 6.07. The van der Waals surface area contributed by atoms with E-state index in [9.17, 15) is 12.8 Å². The van der Waals surface area contributed by atoms with E-state index < -0.39 is 15.8 Å². The molecule has 0 aliphatic carbocycles. The van der Waals surface area contributed by atoms with E-state index in [1.807, 2.05) is 7.05 Å². The van der Waals surface area contributed by atoms with Crippen molar-refractivity contribution < 1.29 is 12.8 Å². The number of nitrogens with one attached hydrogen (secondary N) is 1. The zero-order valence-electron chi connectivity index (χ0n) is 11.5. The van der Waals surface area contributed by atoms with E-state index in [2.05, 4.69) is 9.62 Å². The molecule has 0 unspecified atom stereocenters. The minimum Gasteiger partial charge on any atom is -0.398 e. The van der Waals surface area contributed by atoms with Crippen LogP contribution >= 0.6 is 0 Å². The third-order valence-electron chi connectivity index (χ3n) is 3.67.